The van der Waals surface area contributed by atoms with Crippen molar-refractivity contribution in [3.63, 3.8) is 0 Å². The van der Waals surface area contributed by atoms with E-state index in [9.17, 15) is 61.0 Å². The molecule has 0 aromatic rings. The van der Waals surface area contributed by atoms with Crippen molar-refractivity contribution in [2.75, 3.05) is 26.4 Å². The zero-order valence-corrected chi connectivity index (χ0v) is 42.6. The summed E-state index contributed by atoms with van der Waals surface area (Å²) in [5.41, 5.74) is 0. The van der Waals surface area contributed by atoms with Crippen molar-refractivity contribution in [2.45, 2.75) is 240 Å². The van der Waals surface area contributed by atoms with E-state index in [0.717, 1.165) is 96.3 Å². The summed E-state index contributed by atoms with van der Waals surface area (Å²) in [6, 6.07) is -0.896. The van der Waals surface area contributed by atoms with Gasteiger partial charge < -0.3 is 89.9 Å². The molecule has 0 spiro atoms. The SMILES string of the molecule is CC/C=C\C/C=C\C/C=C\C/C=C\C/C=C\CCCCCCCC(=O)NC(COC1OC(CO)C(OC2OC(CO)C(OC3OC(CO)C(O)C(O)C3O)C(O)C2O)C(O)C1O)C(O)CCCCCCCC. The number of unbranched alkanes of at least 4 members (excludes halogenated alkanes) is 10. The fourth-order valence-corrected chi connectivity index (χ4v) is 8.69. The number of rotatable bonds is 36. The van der Waals surface area contributed by atoms with Crippen LogP contribution in [0.2, 0.25) is 0 Å². The normalized spacial score (nSPS) is 32.5. The standard InChI is InChI=1S/C53H91NO18/c1-3-5-7-9-11-12-13-14-15-16-17-18-19-20-21-22-23-24-25-27-29-31-41(59)54-36(37(58)30-28-26-10-8-6-4-2)35-67-51-47(65)44(62)49(39(33-56)69-51)72-53-48(66)45(63)50(40(34-57)70-53)71-52-46(64)43(61)42(60)38(32-55)68-52/h5,7,11-12,14-15,17-18,20-21,36-40,42-53,55-58,60-66H,3-4,6,8-10,13,16,19,22-35H2,1-2H3,(H,54,59)/b7-5-,12-11-,15-14-,18-17-,21-20-. The minimum absolute atomic E-state index is 0.240. The van der Waals surface area contributed by atoms with Gasteiger partial charge in [0.15, 0.2) is 18.9 Å². The third-order valence-corrected chi connectivity index (χ3v) is 13.1. The maximum Gasteiger partial charge on any atom is 0.220 e. The van der Waals surface area contributed by atoms with E-state index < -0.39 is 124 Å². The monoisotopic (exact) mass is 1030 g/mol. The number of carbonyl (C=O) groups is 1. The predicted molar refractivity (Wildman–Crippen MR) is 268 cm³/mol. The van der Waals surface area contributed by atoms with Gasteiger partial charge in [0.1, 0.15) is 73.2 Å². The first-order valence-electron chi connectivity index (χ1n) is 26.5. The van der Waals surface area contributed by atoms with Gasteiger partial charge in [-0.1, -0.05) is 132 Å². The van der Waals surface area contributed by atoms with Crippen LogP contribution >= 0.6 is 0 Å². The van der Waals surface area contributed by atoms with Crippen molar-refractivity contribution in [1.29, 1.82) is 0 Å². The van der Waals surface area contributed by atoms with E-state index in [4.69, 9.17) is 28.4 Å². The number of amides is 1. The fourth-order valence-electron chi connectivity index (χ4n) is 8.69. The number of nitrogens with one attached hydrogen (secondary N) is 1. The van der Waals surface area contributed by atoms with Crippen LogP contribution in [0.1, 0.15) is 136 Å². The van der Waals surface area contributed by atoms with Gasteiger partial charge in [-0.25, -0.2) is 0 Å². The molecule has 0 saturated carbocycles. The number of aliphatic hydroxyl groups is 11. The van der Waals surface area contributed by atoms with Crippen LogP contribution in [0.25, 0.3) is 0 Å². The molecule has 17 unspecified atom stereocenters. The van der Waals surface area contributed by atoms with E-state index in [1.807, 2.05) is 0 Å². The van der Waals surface area contributed by atoms with Gasteiger partial charge in [-0.15, -0.1) is 0 Å². The molecule has 17 atom stereocenters. The second kappa shape index (κ2) is 37.3. The molecule has 3 heterocycles. The Labute approximate surface area is 426 Å². The van der Waals surface area contributed by atoms with Crippen LogP contribution in [-0.4, -0.2) is 193 Å². The number of carbonyl (C=O) groups excluding carboxylic acids is 1. The Morgan fingerprint density at radius 2 is 0.958 bits per heavy atom. The topological polar surface area (TPSA) is 307 Å². The Morgan fingerprint density at radius 3 is 1.50 bits per heavy atom. The molecule has 19 heteroatoms. The molecule has 19 nitrogen and oxygen atoms in total. The molecule has 0 aromatic carbocycles. The minimum Gasteiger partial charge on any atom is -0.394 e. The summed E-state index contributed by atoms with van der Waals surface area (Å²) < 4.78 is 34.1. The second-order valence-electron chi connectivity index (χ2n) is 19.0. The molecule has 0 aromatic heterocycles. The number of ether oxygens (including phenoxy) is 6. The van der Waals surface area contributed by atoms with E-state index >= 15 is 0 Å². The van der Waals surface area contributed by atoms with E-state index in [0.29, 0.717) is 19.3 Å². The Balaban J connectivity index is 1.47. The zero-order valence-electron chi connectivity index (χ0n) is 42.6. The lowest BCUT2D eigenvalue weighted by Crippen LogP contribution is -2.66. The molecule has 3 saturated heterocycles. The highest BCUT2D eigenvalue weighted by Crippen LogP contribution is 2.33. The summed E-state index contributed by atoms with van der Waals surface area (Å²) in [6.07, 6.45) is 12.3. The number of allylic oxidation sites excluding steroid dienone is 10. The molecule has 3 rings (SSSR count). The van der Waals surface area contributed by atoms with E-state index in [1.165, 1.54) is 0 Å². The van der Waals surface area contributed by atoms with Gasteiger partial charge in [0, 0.05) is 6.42 Å². The highest BCUT2D eigenvalue weighted by molar-refractivity contribution is 5.76. The van der Waals surface area contributed by atoms with Crippen molar-refractivity contribution in [1.82, 2.24) is 5.32 Å². The molecule has 3 fully saturated rings. The summed E-state index contributed by atoms with van der Waals surface area (Å²) in [7, 11) is 0. The maximum atomic E-state index is 13.2. The van der Waals surface area contributed by atoms with Crippen LogP contribution < -0.4 is 5.32 Å². The van der Waals surface area contributed by atoms with Crippen molar-refractivity contribution >= 4 is 5.91 Å². The van der Waals surface area contributed by atoms with Crippen LogP contribution in [0.5, 0.6) is 0 Å². The number of aliphatic hydroxyl groups excluding tert-OH is 11. The average molecular weight is 1030 g/mol. The first kappa shape index (κ1) is 63.8. The lowest BCUT2D eigenvalue weighted by molar-refractivity contribution is -0.379. The van der Waals surface area contributed by atoms with Crippen LogP contribution in [0.4, 0.5) is 0 Å². The van der Waals surface area contributed by atoms with Crippen LogP contribution in [-0.2, 0) is 33.2 Å². The lowest BCUT2D eigenvalue weighted by Gasteiger charge is -2.48. The Bertz CT molecular complexity index is 1560. The smallest absolute Gasteiger partial charge is 0.220 e. The number of hydrogen-bond donors (Lipinski definition) is 12. The highest BCUT2D eigenvalue weighted by atomic mass is 16.8. The van der Waals surface area contributed by atoms with Crippen LogP contribution in [0.3, 0.4) is 0 Å². The highest BCUT2D eigenvalue weighted by Gasteiger charge is 2.53. The molecular weight excluding hydrogens is 939 g/mol. The Morgan fingerprint density at radius 1 is 0.514 bits per heavy atom. The quantitative estimate of drug-likeness (QED) is 0.0317. The van der Waals surface area contributed by atoms with E-state index in [2.05, 4.69) is 79.9 Å². The summed E-state index contributed by atoms with van der Waals surface area (Å²) >= 11 is 0. The van der Waals surface area contributed by atoms with Crippen molar-refractivity contribution in [2.24, 2.45) is 0 Å². The van der Waals surface area contributed by atoms with Crippen molar-refractivity contribution in [3.05, 3.63) is 60.8 Å². The Kier molecular flexibility index (Phi) is 33.0. The van der Waals surface area contributed by atoms with Gasteiger partial charge in [-0.3, -0.25) is 4.79 Å². The predicted octanol–water partition coefficient (Wildman–Crippen LogP) is 2.53. The van der Waals surface area contributed by atoms with Crippen LogP contribution in [0, 0.1) is 0 Å². The fraction of sp³-hybridized carbons (Fsp3) is 0.792. The van der Waals surface area contributed by atoms with Crippen molar-refractivity contribution in [3.8, 4) is 0 Å². The number of hydrogen-bond acceptors (Lipinski definition) is 18. The zero-order chi connectivity index (χ0) is 52.7. The summed E-state index contributed by atoms with van der Waals surface area (Å²) in [4.78, 5) is 13.2. The van der Waals surface area contributed by atoms with Crippen LogP contribution in [0.15, 0.2) is 60.8 Å². The largest absolute Gasteiger partial charge is 0.394 e. The molecule has 0 radical (unpaired) electrons. The average Bonchev–Trinajstić information content (AvgIpc) is 3.38. The minimum atomic E-state index is -1.97. The summed E-state index contributed by atoms with van der Waals surface area (Å²) in [6.45, 7) is 1.53. The van der Waals surface area contributed by atoms with Gasteiger partial charge >= 0.3 is 0 Å². The molecule has 0 aliphatic carbocycles. The Hall–Kier alpha value is -2.51. The first-order chi connectivity index (χ1) is 34.8. The van der Waals surface area contributed by atoms with Gasteiger partial charge in [0.2, 0.25) is 5.91 Å². The van der Waals surface area contributed by atoms with Gasteiger partial charge in [-0.05, 0) is 57.8 Å². The summed E-state index contributed by atoms with van der Waals surface area (Å²) in [5.74, 6) is -0.272. The molecule has 3 aliphatic rings. The van der Waals surface area contributed by atoms with Crippen molar-refractivity contribution < 1.29 is 89.4 Å². The van der Waals surface area contributed by atoms with E-state index in [-0.39, 0.29) is 18.9 Å². The molecule has 0 bridgehead atoms. The first-order valence-corrected chi connectivity index (χ1v) is 26.5. The van der Waals surface area contributed by atoms with Gasteiger partial charge in [0.25, 0.3) is 0 Å². The second-order valence-corrected chi connectivity index (χ2v) is 19.0. The third kappa shape index (κ3) is 22.4. The van der Waals surface area contributed by atoms with Gasteiger partial charge in [0.05, 0.1) is 38.6 Å². The van der Waals surface area contributed by atoms with E-state index in [1.54, 1.807) is 0 Å². The maximum absolute atomic E-state index is 13.2. The molecular formula is C53H91NO18. The lowest BCUT2D eigenvalue weighted by atomic mass is 9.96. The molecule has 12 N–H and O–H groups in total. The summed E-state index contributed by atoms with van der Waals surface area (Å²) in [5, 5.41) is 119. The molecule has 416 valence electrons. The molecule has 3 aliphatic heterocycles. The third-order valence-electron chi connectivity index (χ3n) is 13.1. The molecule has 1 amide bonds. The molecule has 72 heavy (non-hydrogen) atoms. The van der Waals surface area contributed by atoms with Gasteiger partial charge in [-0.2, -0.15) is 0 Å².